The third kappa shape index (κ3) is 4.10. The Hall–Kier alpha value is -1.39. The molecule has 0 aliphatic carbocycles. The number of anilines is 1. The number of aromatic nitrogens is 3. The van der Waals surface area contributed by atoms with Crippen LogP contribution in [0.25, 0.3) is 0 Å². The zero-order valence-corrected chi connectivity index (χ0v) is 9.34. The molecule has 0 saturated carbocycles. The quantitative estimate of drug-likeness (QED) is 0.697. The van der Waals surface area contributed by atoms with Crippen LogP contribution in [0.4, 0.5) is 5.95 Å². The van der Waals surface area contributed by atoms with Gasteiger partial charge in [-0.15, -0.1) is 10.2 Å². The summed E-state index contributed by atoms with van der Waals surface area (Å²) in [6.07, 6.45) is 4.76. The van der Waals surface area contributed by atoms with Gasteiger partial charge in [-0.05, 0) is 13.3 Å². The Kier molecular flexibility index (Phi) is 4.80. The van der Waals surface area contributed by atoms with E-state index in [-0.39, 0.29) is 5.56 Å². The average molecular weight is 210 g/mol. The molecule has 0 unspecified atom stereocenters. The van der Waals surface area contributed by atoms with Crippen molar-refractivity contribution in [3.8, 4) is 0 Å². The number of nitrogens with one attached hydrogen (secondary N) is 2. The molecule has 15 heavy (non-hydrogen) atoms. The monoisotopic (exact) mass is 210 g/mol. The van der Waals surface area contributed by atoms with Crippen molar-refractivity contribution >= 4 is 5.95 Å². The topological polar surface area (TPSA) is 70.7 Å². The lowest BCUT2D eigenvalue weighted by Crippen LogP contribution is -2.17. The lowest BCUT2D eigenvalue weighted by atomic mass is 10.2. The minimum Gasteiger partial charge on any atom is -0.354 e. The van der Waals surface area contributed by atoms with E-state index < -0.39 is 0 Å². The second kappa shape index (κ2) is 6.16. The van der Waals surface area contributed by atoms with Crippen molar-refractivity contribution < 1.29 is 0 Å². The number of rotatable bonds is 6. The first-order valence-electron chi connectivity index (χ1n) is 5.41. The van der Waals surface area contributed by atoms with Crippen LogP contribution in [-0.4, -0.2) is 21.7 Å². The van der Waals surface area contributed by atoms with Gasteiger partial charge in [0.15, 0.2) is 0 Å². The zero-order valence-electron chi connectivity index (χ0n) is 9.34. The molecule has 0 spiro atoms. The maximum Gasteiger partial charge on any atom is 0.273 e. The van der Waals surface area contributed by atoms with Crippen LogP contribution in [0, 0.1) is 6.92 Å². The van der Waals surface area contributed by atoms with Gasteiger partial charge >= 0.3 is 0 Å². The first kappa shape index (κ1) is 11.7. The van der Waals surface area contributed by atoms with Gasteiger partial charge in [-0.1, -0.05) is 26.2 Å². The van der Waals surface area contributed by atoms with Gasteiger partial charge in [0, 0.05) is 6.54 Å². The summed E-state index contributed by atoms with van der Waals surface area (Å²) in [5.41, 5.74) is 0.215. The van der Waals surface area contributed by atoms with Crippen LogP contribution in [0.2, 0.25) is 0 Å². The fourth-order valence-electron chi connectivity index (χ4n) is 1.23. The van der Waals surface area contributed by atoms with Crippen molar-refractivity contribution in [2.75, 3.05) is 11.9 Å². The van der Waals surface area contributed by atoms with Gasteiger partial charge in [0.05, 0.1) is 0 Å². The molecule has 0 fully saturated rings. The van der Waals surface area contributed by atoms with Gasteiger partial charge in [0.1, 0.15) is 5.69 Å². The molecule has 5 heteroatoms. The smallest absolute Gasteiger partial charge is 0.273 e. The zero-order chi connectivity index (χ0) is 11.1. The Balaban J connectivity index is 2.32. The van der Waals surface area contributed by atoms with Crippen LogP contribution < -0.4 is 10.9 Å². The molecule has 1 aromatic heterocycles. The maximum absolute atomic E-state index is 11.2. The molecule has 1 heterocycles. The second-order valence-corrected chi connectivity index (χ2v) is 3.58. The van der Waals surface area contributed by atoms with E-state index in [1.807, 2.05) is 0 Å². The Morgan fingerprint density at radius 1 is 1.27 bits per heavy atom. The fraction of sp³-hybridized carbons (Fsp3) is 0.700. The maximum atomic E-state index is 11.2. The highest BCUT2D eigenvalue weighted by Crippen LogP contribution is 1.99. The number of hydrogen-bond acceptors (Lipinski definition) is 4. The molecule has 5 nitrogen and oxygen atoms in total. The molecule has 0 saturated heterocycles. The van der Waals surface area contributed by atoms with E-state index in [0.29, 0.717) is 11.6 Å². The van der Waals surface area contributed by atoms with Crippen molar-refractivity contribution in [2.45, 2.75) is 39.5 Å². The van der Waals surface area contributed by atoms with E-state index in [1.54, 1.807) is 6.92 Å². The SMILES string of the molecule is CCCCCCNc1nnc(C)c(=O)[nH]1. The van der Waals surface area contributed by atoms with E-state index in [0.717, 1.165) is 13.0 Å². The standard InChI is InChI=1S/C10H18N4O/c1-3-4-5-6-7-11-10-12-9(15)8(2)13-14-10/h3-7H2,1-2H3,(H2,11,12,14,15). The number of unbranched alkanes of at least 4 members (excludes halogenated alkanes) is 3. The fourth-order valence-corrected chi connectivity index (χ4v) is 1.23. The van der Waals surface area contributed by atoms with Crippen molar-refractivity contribution in [1.82, 2.24) is 15.2 Å². The molecule has 0 radical (unpaired) electrons. The Bertz CT molecular complexity index is 348. The first-order chi connectivity index (χ1) is 7.24. The third-order valence-electron chi connectivity index (χ3n) is 2.18. The first-order valence-corrected chi connectivity index (χ1v) is 5.41. The average Bonchev–Trinajstić information content (AvgIpc) is 2.23. The highest BCUT2D eigenvalue weighted by Gasteiger charge is 1.98. The number of nitrogens with zero attached hydrogens (tertiary/aromatic N) is 2. The molecular weight excluding hydrogens is 192 g/mol. The molecule has 2 N–H and O–H groups in total. The van der Waals surface area contributed by atoms with E-state index >= 15 is 0 Å². The molecular formula is C10H18N4O. The Morgan fingerprint density at radius 2 is 2.07 bits per heavy atom. The van der Waals surface area contributed by atoms with Crippen LogP contribution >= 0.6 is 0 Å². The third-order valence-corrected chi connectivity index (χ3v) is 2.18. The van der Waals surface area contributed by atoms with Crippen LogP contribution in [0.1, 0.15) is 38.3 Å². The molecule has 0 atom stereocenters. The van der Waals surface area contributed by atoms with Crippen molar-refractivity contribution in [2.24, 2.45) is 0 Å². The van der Waals surface area contributed by atoms with Gasteiger partial charge in [0.2, 0.25) is 5.95 Å². The second-order valence-electron chi connectivity index (χ2n) is 3.58. The summed E-state index contributed by atoms with van der Waals surface area (Å²) < 4.78 is 0. The number of aromatic amines is 1. The van der Waals surface area contributed by atoms with Gasteiger partial charge in [-0.3, -0.25) is 9.78 Å². The van der Waals surface area contributed by atoms with Gasteiger partial charge in [0.25, 0.3) is 5.56 Å². The number of aryl methyl sites for hydroxylation is 1. The summed E-state index contributed by atoms with van der Waals surface area (Å²) in [5.74, 6) is 0.460. The minimum atomic E-state index is -0.180. The normalized spacial score (nSPS) is 10.3. The van der Waals surface area contributed by atoms with Gasteiger partial charge in [-0.2, -0.15) is 0 Å². The molecule has 1 rings (SSSR count). The summed E-state index contributed by atoms with van der Waals surface area (Å²) in [7, 11) is 0. The Labute approximate surface area is 89.3 Å². The highest BCUT2D eigenvalue weighted by atomic mass is 16.1. The van der Waals surface area contributed by atoms with Gasteiger partial charge < -0.3 is 5.32 Å². The molecule has 0 aliphatic heterocycles. The predicted octanol–water partition coefficient (Wildman–Crippen LogP) is 1.47. The Morgan fingerprint density at radius 3 is 2.73 bits per heavy atom. The van der Waals surface area contributed by atoms with Crippen molar-refractivity contribution in [3.63, 3.8) is 0 Å². The molecule has 0 aromatic carbocycles. The van der Waals surface area contributed by atoms with Gasteiger partial charge in [-0.25, -0.2) is 0 Å². The molecule has 84 valence electrons. The predicted molar refractivity (Wildman–Crippen MR) is 60.0 cm³/mol. The minimum absolute atomic E-state index is 0.180. The molecule has 0 aliphatic rings. The lowest BCUT2D eigenvalue weighted by Gasteiger charge is -2.03. The van der Waals surface area contributed by atoms with E-state index in [9.17, 15) is 4.79 Å². The lowest BCUT2D eigenvalue weighted by molar-refractivity contribution is 0.682. The van der Waals surface area contributed by atoms with E-state index in [2.05, 4.69) is 27.4 Å². The van der Waals surface area contributed by atoms with Crippen molar-refractivity contribution in [1.29, 1.82) is 0 Å². The number of hydrogen-bond donors (Lipinski definition) is 2. The van der Waals surface area contributed by atoms with Crippen LogP contribution in [-0.2, 0) is 0 Å². The molecule has 0 bridgehead atoms. The van der Waals surface area contributed by atoms with Crippen LogP contribution in [0.15, 0.2) is 4.79 Å². The summed E-state index contributed by atoms with van der Waals surface area (Å²) in [6.45, 7) is 4.64. The summed E-state index contributed by atoms with van der Waals surface area (Å²) in [5, 5.41) is 10.6. The molecule has 1 aromatic rings. The number of H-pyrrole nitrogens is 1. The van der Waals surface area contributed by atoms with E-state index in [1.165, 1.54) is 19.3 Å². The summed E-state index contributed by atoms with van der Waals surface area (Å²) in [6, 6.07) is 0. The van der Waals surface area contributed by atoms with Crippen LogP contribution in [0.5, 0.6) is 0 Å². The molecule has 0 amide bonds. The van der Waals surface area contributed by atoms with E-state index in [4.69, 9.17) is 0 Å². The summed E-state index contributed by atoms with van der Waals surface area (Å²) >= 11 is 0. The van der Waals surface area contributed by atoms with Crippen molar-refractivity contribution in [3.05, 3.63) is 16.0 Å². The highest BCUT2D eigenvalue weighted by molar-refractivity contribution is 5.20. The van der Waals surface area contributed by atoms with Crippen LogP contribution in [0.3, 0.4) is 0 Å². The largest absolute Gasteiger partial charge is 0.354 e. The summed E-state index contributed by atoms with van der Waals surface area (Å²) in [4.78, 5) is 13.8.